The summed E-state index contributed by atoms with van der Waals surface area (Å²) in [6.07, 6.45) is 1.55. The Morgan fingerprint density at radius 2 is 2.17 bits per heavy atom. The number of nitrogens with zero attached hydrogens (tertiary/aromatic N) is 1. The highest BCUT2D eigenvalue weighted by Gasteiger charge is 2.09. The maximum atomic E-state index is 11.8. The van der Waals surface area contributed by atoms with E-state index in [1.807, 2.05) is 25.1 Å². The van der Waals surface area contributed by atoms with Crippen molar-refractivity contribution >= 4 is 17.7 Å². The van der Waals surface area contributed by atoms with E-state index in [1.54, 1.807) is 18.0 Å². The van der Waals surface area contributed by atoms with Crippen LogP contribution in [0.15, 0.2) is 41.4 Å². The van der Waals surface area contributed by atoms with Gasteiger partial charge in [0.1, 0.15) is 0 Å². The Morgan fingerprint density at radius 3 is 2.83 bits per heavy atom. The van der Waals surface area contributed by atoms with Crippen LogP contribution in [-0.4, -0.2) is 28.4 Å². The summed E-state index contributed by atoms with van der Waals surface area (Å²) in [6.45, 7) is 2.48. The van der Waals surface area contributed by atoms with Crippen molar-refractivity contribution in [2.75, 3.05) is 12.3 Å². The van der Waals surface area contributed by atoms with Gasteiger partial charge in [0.05, 0.1) is 11.8 Å². The summed E-state index contributed by atoms with van der Waals surface area (Å²) in [5, 5.41) is 9.45. The number of H-pyrrole nitrogens is 1. The first-order valence-electron chi connectivity index (χ1n) is 5.73. The topological polar surface area (TPSA) is 57.8 Å². The summed E-state index contributed by atoms with van der Waals surface area (Å²) < 4.78 is 0. The molecule has 4 nitrogen and oxygen atoms in total. The van der Waals surface area contributed by atoms with E-state index in [0.717, 1.165) is 11.4 Å². The maximum Gasteiger partial charge on any atom is 0.254 e. The van der Waals surface area contributed by atoms with Crippen LogP contribution in [0.3, 0.4) is 0 Å². The third kappa shape index (κ3) is 3.37. The Bertz CT molecular complexity index is 510. The minimum Gasteiger partial charge on any atom is -0.351 e. The summed E-state index contributed by atoms with van der Waals surface area (Å²) in [6, 6.07) is 10.1. The fourth-order valence-electron chi connectivity index (χ4n) is 1.53. The molecule has 1 amide bonds. The molecule has 2 rings (SSSR count). The van der Waals surface area contributed by atoms with Crippen molar-refractivity contribution in [2.45, 2.75) is 11.8 Å². The van der Waals surface area contributed by atoms with Crippen molar-refractivity contribution in [1.82, 2.24) is 15.5 Å². The smallest absolute Gasteiger partial charge is 0.254 e. The Balaban J connectivity index is 1.73. The second kappa shape index (κ2) is 6.26. The molecule has 94 valence electrons. The number of hydrogen-bond donors (Lipinski definition) is 2. The normalized spacial score (nSPS) is 10.3. The molecule has 0 saturated heterocycles. The Hall–Kier alpha value is -1.75. The molecule has 0 spiro atoms. The SMILES string of the molecule is Cc1[nH]ncc1C(=O)NCCSc1ccccc1. The van der Waals surface area contributed by atoms with E-state index in [2.05, 4.69) is 27.6 Å². The fourth-order valence-corrected chi connectivity index (χ4v) is 2.31. The van der Waals surface area contributed by atoms with Crippen molar-refractivity contribution in [3.8, 4) is 0 Å². The second-order valence-electron chi connectivity index (χ2n) is 3.83. The first-order valence-corrected chi connectivity index (χ1v) is 6.72. The molecule has 1 aromatic carbocycles. The molecule has 0 atom stereocenters. The molecule has 5 heteroatoms. The van der Waals surface area contributed by atoms with Gasteiger partial charge in [-0.05, 0) is 19.1 Å². The van der Waals surface area contributed by atoms with Gasteiger partial charge in [-0.3, -0.25) is 9.89 Å². The minimum absolute atomic E-state index is 0.0742. The molecule has 0 aliphatic carbocycles. The van der Waals surface area contributed by atoms with Gasteiger partial charge in [-0.1, -0.05) is 18.2 Å². The third-order valence-electron chi connectivity index (χ3n) is 2.47. The number of rotatable bonds is 5. The van der Waals surface area contributed by atoms with E-state index in [0.29, 0.717) is 12.1 Å². The van der Waals surface area contributed by atoms with Gasteiger partial charge in [0.2, 0.25) is 0 Å². The Kier molecular flexibility index (Phi) is 4.41. The number of aromatic nitrogens is 2. The van der Waals surface area contributed by atoms with E-state index in [9.17, 15) is 4.79 Å². The van der Waals surface area contributed by atoms with Gasteiger partial charge in [-0.25, -0.2) is 0 Å². The van der Waals surface area contributed by atoms with Gasteiger partial charge in [0.15, 0.2) is 0 Å². The Morgan fingerprint density at radius 1 is 1.39 bits per heavy atom. The summed E-state index contributed by atoms with van der Waals surface area (Å²) in [5.41, 5.74) is 1.41. The monoisotopic (exact) mass is 261 g/mol. The molecule has 0 bridgehead atoms. The lowest BCUT2D eigenvalue weighted by molar-refractivity contribution is 0.0955. The van der Waals surface area contributed by atoms with Crippen molar-refractivity contribution in [2.24, 2.45) is 0 Å². The molecule has 0 aliphatic heterocycles. The standard InChI is InChI=1S/C13H15N3OS/c1-10-12(9-15-16-10)13(17)14-7-8-18-11-5-3-2-4-6-11/h2-6,9H,7-8H2,1H3,(H,14,17)(H,15,16). The number of carbonyl (C=O) groups excluding carboxylic acids is 1. The van der Waals surface area contributed by atoms with E-state index in [1.165, 1.54) is 4.90 Å². The van der Waals surface area contributed by atoms with Crippen molar-refractivity contribution in [3.63, 3.8) is 0 Å². The zero-order chi connectivity index (χ0) is 12.8. The summed E-state index contributed by atoms with van der Waals surface area (Å²) in [5.74, 6) is 0.780. The number of hydrogen-bond acceptors (Lipinski definition) is 3. The highest BCUT2D eigenvalue weighted by atomic mass is 32.2. The van der Waals surface area contributed by atoms with Crippen LogP contribution in [0, 0.1) is 6.92 Å². The van der Waals surface area contributed by atoms with Crippen LogP contribution in [0.4, 0.5) is 0 Å². The zero-order valence-corrected chi connectivity index (χ0v) is 11.0. The molecule has 2 aromatic rings. The van der Waals surface area contributed by atoms with E-state index in [-0.39, 0.29) is 5.91 Å². The van der Waals surface area contributed by atoms with Crippen LogP contribution in [0.1, 0.15) is 16.1 Å². The van der Waals surface area contributed by atoms with Gasteiger partial charge in [0.25, 0.3) is 5.91 Å². The average molecular weight is 261 g/mol. The van der Waals surface area contributed by atoms with Crippen LogP contribution >= 0.6 is 11.8 Å². The first kappa shape index (κ1) is 12.7. The third-order valence-corrected chi connectivity index (χ3v) is 3.49. The van der Waals surface area contributed by atoms with Crippen LogP contribution in [0.25, 0.3) is 0 Å². The molecule has 1 heterocycles. The van der Waals surface area contributed by atoms with Crippen LogP contribution < -0.4 is 5.32 Å². The van der Waals surface area contributed by atoms with Crippen molar-refractivity contribution < 1.29 is 4.79 Å². The second-order valence-corrected chi connectivity index (χ2v) is 4.99. The number of benzene rings is 1. The first-order chi connectivity index (χ1) is 8.77. The molecule has 18 heavy (non-hydrogen) atoms. The van der Waals surface area contributed by atoms with Gasteiger partial charge in [-0.15, -0.1) is 11.8 Å². The number of thioether (sulfide) groups is 1. The highest BCUT2D eigenvalue weighted by molar-refractivity contribution is 7.99. The van der Waals surface area contributed by atoms with Gasteiger partial charge < -0.3 is 5.32 Å². The molecule has 0 aliphatic rings. The predicted octanol–water partition coefficient (Wildman–Crippen LogP) is 2.24. The molecule has 1 aromatic heterocycles. The van der Waals surface area contributed by atoms with Crippen LogP contribution in [0.5, 0.6) is 0 Å². The molecule has 2 N–H and O–H groups in total. The molecular weight excluding hydrogens is 246 g/mol. The van der Waals surface area contributed by atoms with Crippen molar-refractivity contribution in [3.05, 3.63) is 47.8 Å². The molecule has 0 saturated carbocycles. The summed E-state index contributed by atoms with van der Waals surface area (Å²) >= 11 is 1.73. The lowest BCUT2D eigenvalue weighted by Gasteiger charge is -2.04. The quantitative estimate of drug-likeness (QED) is 0.641. The van der Waals surface area contributed by atoms with Gasteiger partial charge in [0, 0.05) is 22.9 Å². The summed E-state index contributed by atoms with van der Waals surface area (Å²) in [7, 11) is 0. The Labute approximate surface area is 110 Å². The number of carbonyl (C=O) groups is 1. The lowest BCUT2D eigenvalue weighted by atomic mass is 10.2. The fraction of sp³-hybridized carbons (Fsp3) is 0.231. The molecule has 0 radical (unpaired) electrons. The zero-order valence-electron chi connectivity index (χ0n) is 10.1. The highest BCUT2D eigenvalue weighted by Crippen LogP contribution is 2.15. The molecule has 0 fully saturated rings. The van der Waals surface area contributed by atoms with E-state index < -0.39 is 0 Å². The van der Waals surface area contributed by atoms with E-state index >= 15 is 0 Å². The van der Waals surface area contributed by atoms with Gasteiger partial charge in [-0.2, -0.15) is 5.10 Å². The predicted molar refractivity (Wildman–Crippen MR) is 72.8 cm³/mol. The molecular formula is C13H15N3OS. The summed E-state index contributed by atoms with van der Waals surface area (Å²) in [4.78, 5) is 13.0. The largest absolute Gasteiger partial charge is 0.351 e. The van der Waals surface area contributed by atoms with Crippen LogP contribution in [0.2, 0.25) is 0 Å². The van der Waals surface area contributed by atoms with E-state index in [4.69, 9.17) is 0 Å². The van der Waals surface area contributed by atoms with Crippen molar-refractivity contribution in [1.29, 1.82) is 0 Å². The molecule has 0 unspecified atom stereocenters. The average Bonchev–Trinajstić information content (AvgIpc) is 2.82. The number of nitrogens with one attached hydrogen (secondary N) is 2. The number of aryl methyl sites for hydroxylation is 1. The number of amides is 1. The lowest BCUT2D eigenvalue weighted by Crippen LogP contribution is -2.25. The number of aromatic amines is 1. The van der Waals surface area contributed by atoms with Gasteiger partial charge >= 0.3 is 0 Å². The maximum absolute atomic E-state index is 11.8. The minimum atomic E-state index is -0.0742. The van der Waals surface area contributed by atoms with Crippen LogP contribution in [-0.2, 0) is 0 Å².